The van der Waals surface area contributed by atoms with Gasteiger partial charge >= 0.3 is 12.2 Å². The molecule has 0 fully saturated rings. The van der Waals surface area contributed by atoms with E-state index in [1.165, 1.54) is 18.3 Å². The van der Waals surface area contributed by atoms with Gasteiger partial charge in [0, 0.05) is 12.7 Å². The van der Waals surface area contributed by atoms with Crippen molar-refractivity contribution < 1.29 is 18.0 Å². The average Bonchev–Trinajstić information content (AvgIpc) is 2.73. The van der Waals surface area contributed by atoms with Crippen molar-refractivity contribution in [3.05, 3.63) is 89.1 Å². The number of benzene rings is 2. The molecule has 29 heavy (non-hydrogen) atoms. The summed E-state index contributed by atoms with van der Waals surface area (Å²) in [5.41, 5.74) is 1.86. The highest BCUT2D eigenvalue weighted by molar-refractivity contribution is 5.89. The van der Waals surface area contributed by atoms with Crippen LogP contribution in [0.25, 0.3) is 0 Å². The van der Waals surface area contributed by atoms with Gasteiger partial charge in [0.05, 0.1) is 11.6 Å². The van der Waals surface area contributed by atoms with Crippen molar-refractivity contribution in [2.45, 2.75) is 18.6 Å². The third-order valence-electron chi connectivity index (χ3n) is 4.91. The van der Waals surface area contributed by atoms with Gasteiger partial charge in [-0.3, -0.25) is 5.32 Å². The van der Waals surface area contributed by atoms with Gasteiger partial charge in [-0.1, -0.05) is 36.4 Å². The number of nitrogens with zero attached hydrogens (tertiary/aromatic N) is 3. The Morgan fingerprint density at radius 2 is 1.79 bits per heavy atom. The molecule has 0 radical (unpaired) electrons. The summed E-state index contributed by atoms with van der Waals surface area (Å²) in [6.45, 7) is 0.425. The van der Waals surface area contributed by atoms with Gasteiger partial charge in [-0.25, -0.2) is 4.79 Å². The molecule has 8 heteroatoms. The summed E-state index contributed by atoms with van der Waals surface area (Å²) >= 11 is 0. The third kappa shape index (κ3) is 3.91. The summed E-state index contributed by atoms with van der Waals surface area (Å²) in [5, 5.41) is 10.3. The first kappa shape index (κ1) is 18.9. The van der Waals surface area contributed by atoms with Crippen LogP contribution in [0.4, 0.5) is 23.8 Å². The van der Waals surface area contributed by atoms with Crippen molar-refractivity contribution >= 4 is 11.8 Å². The molecule has 1 aliphatic rings. The van der Waals surface area contributed by atoms with Gasteiger partial charge in [0.2, 0.25) is 0 Å². The second kappa shape index (κ2) is 7.54. The largest absolute Gasteiger partial charge is 0.416 e. The fourth-order valence-electron chi connectivity index (χ4n) is 3.55. The van der Waals surface area contributed by atoms with E-state index < -0.39 is 17.8 Å². The maximum atomic E-state index is 13.0. The molecular formula is C21H17F3N4O. The van der Waals surface area contributed by atoms with Crippen molar-refractivity contribution in [1.82, 2.24) is 15.1 Å². The van der Waals surface area contributed by atoms with Crippen molar-refractivity contribution in [2.24, 2.45) is 0 Å². The van der Waals surface area contributed by atoms with E-state index in [1.54, 1.807) is 17.0 Å². The molecule has 1 unspecified atom stereocenters. The molecule has 0 bridgehead atoms. The molecule has 1 N–H and O–H groups in total. The highest BCUT2D eigenvalue weighted by atomic mass is 19.4. The molecule has 0 aliphatic carbocycles. The molecule has 0 saturated carbocycles. The summed E-state index contributed by atoms with van der Waals surface area (Å²) in [5.74, 6) is 0.308. The number of anilines is 1. The zero-order chi connectivity index (χ0) is 20.4. The van der Waals surface area contributed by atoms with E-state index in [0.29, 0.717) is 24.3 Å². The monoisotopic (exact) mass is 398 g/mol. The van der Waals surface area contributed by atoms with Crippen LogP contribution in [0.5, 0.6) is 0 Å². The minimum atomic E-state index is -4.41. The lowest BCUT2D eigenvalue weighted by Gasteiger charge is -2.37. The van der Waals surface area contributed by atoms with E-state index in [0.717, 1.165) is 23.3 Å². The summed E-state index contributed by atoms with van der Waals surface area (Å²) < 4.78 is 38.9. The molecule has 0 spiro atoms. The zero-order valence-corrected chi connectivity index (χ0v) is 15.2. The summed E-state index contributed by atoms with van der Waals surface area (Å²) in [7, 11) is 0. The Balaban J connectivity index is 1.70. The number of aromatic nitrogens is 2. The maximum Gasteiger partial charge on any atom is 0.416 e. The Morgan fingerprint density at radius 3 is 2.48 bits per heavy atom. The average molecular weight is 398 g/mol. The van der Waals surface area contributed by atoms with Gasteiger partial charge in [0.1, 0.15) is 0 Å². The van der Waals surface area contributed by atoms with E-state index >= 15 is 0 Å². The second-order valence-electron chi connectivity index (χ2n) is 6.70. The Hall–Kier alpha value is -3.42. The summed E-state index contributed by atoms with van der Waals surface area (Å²) in [6.07, 6.45) is -2.26. The predicted molar refractivity (Wildman–Crippen MR) is 101 cm³/mol. The molecule has 3 aromatic rings. The standard InChI is InChI=1S/C21H17F3N4O/c22-21(23,24)16-9-7-15(8-10-16)19-17-5-2-1-4-14(17)11-13-28(19)20(29)26-18-6-3-12-25-27-18/h1-10,12,19H,11,13H2,(H,26,27,29). The molecule has 1 aliphatic heterocycles. The molecule has 1 aromatic heterocycles. The number of halogens is 3. The quantitative estimate of drug-likeness (QED) is 0.682. The van der Waals surface area contributed by atoms with E-state index in [1.807, 2.05) is 24.3 Å². The van der Waals surface area contributed by atoms with Gasteiger partial charge in [-0.15, -0.1) is 5.10 Å². The van der Waals surface area contributed by atoms with Crippen LogP contribution in [0.1, 0.15) is 28.3 Å². The van der Waals surface area contributed by atoms with Gasteiger partial charge in [-0.05, 0) is 47.4 Å². The maximum absolute atomic E-state index is 13.0. The highest BCUT2D eigenvalue weighted by Crippen LogP contribution is 2.37. The molecule has 4 rings (SSSR count). The number of amides is 2. The first-order valence-electron chi connectivity index (χ1n) is 9.04. The molecule has 5 nitrogen and oxygen atoms in total. The number of hydrogen-bond acceptors (Lipinski definition) is 3. The van der Waals surface area contributed by atoms with Crippen LogP contribution in [-0.4, -0.2) is 27.7 Å². The lowest BCUT2D eigenvalue weighted by molar-refractivity contribution is -0.137. The van der Waals surface area contributed by atoms with Crippen LogP contribution in [0.3, 0.4) is 0 Å². The Kier molecular flexibility index (Phi) is 4.92. The fraction of sp³-hybridized carbons (Fsp3) is 0.190. The third-order valence-corrected chi connectivity index (χ3v) is 4.91. The number of fused-ring (bicyclic) bond motifs is 1. The Labute approximate surface area is 165 Å². The molecule has 148 valence electrons. The van der Waals surface area contributed by atoms with Crippen molar-refractivity contribution in [3.8, 4) is 0 Å². The number of alkyl halides is 3. The van der Waals surface area contributed by atoms with Crippen LogP contribution in [0, 0.1) is 0 Å². The number of rotatable bonds is 2. The van der Waals surface area contributed by atoms with Crippen LogP contribution >= 0.6 is 0 Å². The first-order valence-corrected chi connectivity index (χ1v) is 9.04. The minimum absolute atomic E-state index is 0.308. The smallest absolute Gasteiger partial charge is 0.313 e. The Morgan fingerprint density at radius 1 is 1.03 bits per heavy atom. The van der Waals surface area contributed by atoms with Crippen molar-refractivity contribution in [2.75, 3.05) is 11.9 Å². The number of urea groups is 1. The van der Waals surface area contributed by atoms with Crippen LogP contribution in [0.2, 0.25) is 0 Å². The van der Waals surface area contributed by atoms with Gasteiger partial charge < -0.3 is 4.90 Å². The van der Waals surface area contributed by atoms with Gasteiger partial charge in [0.25, 0.3) is 0 Å². The van der Waals surface area contributed by atoms with E-state index in [4.69, 9.17) is 0 Å². The molecule has 2 amide bonds. The lowest BCUT2D eigenvalue weighted by atomic mass is 9.88. The van der Waals surface area contributed by atoms with Crippen LogP contribution in [-0.2, 0) is 12.6 Å². The van der Waals surface area contributed by atoms with Crippen LogP contribution < -0.4 is 5.32 Å². The number of carbonyl (C=O) groups is 1. The molecule has 2 heterocycles. The van der Waals surface area contributed by atoms with Crippen molar-refractivity contribution in [3.63, 3.8) is 0 Å². The lowest BCUT2D eigenvalue weighted by Crippen LogP contribution is -2.43. The molecule has 2 aromatic carbocycles. The van der Waals surface area contributed by atoms with E-state index in [-0.39, 0.29) is 6.03 Å². The minimum Gasteiger partial charge on any atom is -0.313 e. The molecular weight excluding hydrogens is 381 g/mol. The highest BCUT2D eigenvalue weighted by Gasteiger charge is 2.34. The molecule has 0 saturated heterocycles. The summed E-state index contributed by atoms with van der Waals surface area (Å²) in [4.78, 5) is 14.6. The topological polar surface area (TPSA) is 58.1 Å². The SMILES string of the molecule is O=C(Nc1cccnn1)N1CCc2ccccc2C1c1ccc(C(F)(F)F)cc1. The second-order valence-corrected chi connectivity index (χ2v) is 6.70. The molecule has 1 atom stereocenters. The first-order chi connectivity index (χ1) is 13.9. The Bertz CT molecular complexity index is 1010. The zero-order valence-electron chi connectivity index (χ0n) is 15.2. The number of hydrogen-bond donors (Lipinski definition) is 1. The van der Waals surface area contributed by atoms with E-state index in [2.05, 4.69) is 15.5 Å². The van der Waals surface area contributed by atoms with Crippen molar-refractivity contribution in [1.29, 1.82) is 0 Å². The summed E-state index contributed by atoms with van der Waals surface area (Å²) in [6, 6.07) is 15.0. The fourth-order valence-corrected chi connectivity index (χ4v) is 3.55. The van der Waals surface area contributed by atoms with Crippen LogP contribution in [0.15, 0.2) is 66.9 Å². The normalized spacial score (nSPS) is 16.2. The van der Waals surface area contributed by atoms with Gasteiger partial charge in [-0.2, -0.15) is 18.3 Å². The van der Waals surface area contributed by atoms with Gasteiger partial charge in [0.15, 0.2) is 5.82 Å². The van der Waals surface area contributed by atoms with E-state index in [9.17, 15) is 18.0 Å². The number of carbonyl (C=O) groups excluding carboxylic acids is 1. The predicted octanol–water partition coefficient (Wildman–Crippen LogP) is 4.68. The number of nitrogens with one attached hydrogen (secondary N) is 1.